The molecule has 2 aromatic rings. The topological polar surface area (TPSA) is 65.6 Å². The number of nitriles is 1. The summed E-state index contributed by atoms with van der Waals surface area (Å²) in [6.07, 6.45) is 0. The van der Waals surface area contributed by atoms with E-state index in [-0.39, 0.29) is 4.84 Å². The van der Waals surface area contributed by atoms with Crippen LogP contribution >= 0.6 is 24.0 Å². The maximum absolute atomic E-state index is 8.54. The van der Waals surface area contributed by atoms with E-state index >= 15 is 0 Å². The molecule has 1 aromatic heterocycles. The van der Waals surface area contributed by atoms with Gasteiger partial charge in [0.25, 0.3) is 4.84 Å². The Bertz CT molecular complexity index is 567. The molecule has 6 heteroatoms. The Morgan fingerprint density at radius 2 is 2.40 bits per heavy atom. The second-order valence-electron chi connectivity index (χ2n) is 2.64. The highest BCUT2D eigenvalue weighted by atomic mass is 32.2. The van der Waals surface area contributed by atoms with Crippen molar-refractivity contribution in [3.05, 3.63) is 29.1 Å². The average molecular weight is 235 g/mol. The second kappa shape index (κ2) is 4.29. The third-order valence-electron chi connectivity index (χ3n) is 1.68. The molecule has 15 heavy (non-hydrogen) atoms. The number of rotatable bonds is 2. The molecule has 0 saturated carbocycles. The standard InChI is InChI=1S/C9H5N3OS2/c10-5-15-7-3-1-2-6(4-7)8-11-12-9(14)13-8/h1-4H,(H,12,14). The van der Waals surface area contributed by atoms with Crippen molar-refractivity contribution in [2.75, 3.05) is 0 Å². The Morgan fingerprint density at radius 1 is 1.53 bits per heavy atom. The molecule has 0 radical (unpaired) electrons. The Morgan fingerprint density at radius 3 is 3.07 bits per heavy atom. The molecule has 0 spiro atoms. The highest BCUT2D eigenvalue weighted by Crippen LogP contribution is 2.23. The van der Waals surface area contributed by atoms with E-state index in [1.54, 1.807) is 0 Å². The fraction of sp³-hybridized carbons (Fsp3) is 0. The van der Waals surface area contributed by atoms with Gasteiger partial charge in [-0.05, 0) is 42.2 Å². The summed E-state index contributed by atoms with van der Waals surface area (Å²) in [5.74, 6) is 0.431. The first kappa shape index (κ1) is 9.96. The van der Waals surface area contributed by atoms with Crippen molar-refractivity contribution in [3.63, 3.8) is 0 Å². The zero-order valence-electron chi connectivity index (χ0n) is 7.43. The predicted molar refractivity (Wildman–Crippen MR) is 58.6 cm³/mol. The molecule has 0 atom stereocenters. The lowest BCUT2D eigenvalue weighted by molar-refractivity contribution is 0.552. The van der Waals surface area contributed by atoms with E-state index in [1.165, 1.54) is 0 Å². The Kier molecular flexibility index (Phi) is 2.85. The number of aromatic nitrogens is 2. The van der Waals surface area contributed by atoms with E-state index < -0.39 is 0 Å². The van der Waals surface area contributed by atoms with Gasteiger partial charge in [0.05, 0.1) is 0 Å². The highest BCUT2D eigenvalue weighted by Gasteiger charge is 2.04. The van der Waals surface area contributed by atoms with Crippen molar-refractivity contribution in [2.24, 2.45) is 0 Å². The van der Waals surface area contributed by atoms with Gasteiger partial charge in [0.2, 0.25) is 5.89 Å². The Labute approximate surface area is 94.9 Å². The number of thiocyanates is 1. The minimum absolute atomic E-state index is 0.239. The van der Waals surface area contributed by atoms with Crippen LogP contribution in [0.1, 0.15) is 0 Å². The summed E-state index contributed by atoms with van der Waals surface area (Å²) in [6.45, 7) is 0. The van der Waals surface area contributed by atoms with Crippen LogP contribution in [0.2, 0.25) is 0 Å². The van der Waals surface area contributed by atoms with E-state index in [9.17, 15) is 0 Å². The molecule has 0 aliphatic carbocycles. The van der Waals surface area contributed by atoms with Crippen molar-refractivity contribution in [1.29, 1.82) is 5.26 Å². The fourth-order valence-electron chi connectivity index (χ4n) is 1.10. The lowest BCUT2D eigenvalue weighted by Crippen LogP contribution is -1.78. The third kappa shape index (κ3) is 2.26. The van der Waals surface area contributed by atoms with Crippen molar-refractivity contribution < 1.29 is 4.42 Å². The summed E-state index contributed by atoms with van der Waals surface area (Å²) in [5.41, 5.74) is 0.794. The summed E-state index contributed by atoms with van der Waals surface area (Å²) in [5, 5.41) is 17.0. The smallest absolute Gasteiger partial charge is 0.284 e. The maximum atomic E-state index is 8.54. The molecule has 0 unspecified atom stereocenters. The molecular formula is C9H5N3OS2. The van der Waals surface area contributed by atoms with Gasteiger partial charge >= 0.3 is 0 Å². The number of thioether (sulfide) groups is 1. The zero-order chi connectivity index (χ0) is 10.7. The van der Waals surface area contributed by atoms with E-state index in [0.29, 0.717) is 5.89 Å². The molecule has 0 amide bonds. The highest BCUT2D eigenvalue weighted by molar-refractivity contribution is 8.03. The largest absolute Gasteiger partial charge is 0.409 e. The summed E-state index contributed by atoms with van der Waals surface area (Å²) in [6, 6.07) is 7.35. The van der Waals surface area contributed by atoms with Gasteiger partial charge < -0.3 is 4.42 Å². The van der Waals surface area contributed by atoms with Crippen LogP contribution in [-0.2, 0) is 0 Å². The number of hydrogen-bond acceptors (Lipinski definition) is 5. The van der Waals surface area contributed by atoms with Crippen molar-refractivity contribution in [2.45, 2.75) is 4.90 Å². The molecule has 0 bridgehead atoms. The Hall–Kier alpha value is -1.58. The predicted octanol–water partition coefficient (Wildman–Crippen LogP) is 2.97. The number of hydrogen-bond donors (Lipinski definition) is 1. The quantitative estimate of drug-likeness (QED) is 0.492. The first-order chi connectivity index (χ1) is 7.29. The molecule has 74 valence electrons. The number of H-pyrrole nitrogens is 1. The fourth-order valence-corrected chi connectivity index (χ4v) is 1.66. The normalized spacial score (nSPS) is 9.80. The van der Waals surface area contributed by atoms with Crippen LogP contribution in [-0.4, -0.2) is 10.2 Å². The van der Waals surface area contributed by atoms with Crippen molar-refractivity contribution in [3.8, 4) is 16.9 Å². The van der Waals surface area contributed by atoms with Crippen LogP contribution in [0, 0.1) is 15.5 Å². The molecule has 0 fully saturated rings. The SMILES string of the molecule is N#CSc1cccc(-c2n[nH]c(=S)o2)c1. The van der Waals surface area contributed by atoms with Gasteiger partial charge in [0.1, 0.15) is 5.40 Å². The van der Waals surface area contributed by atoms with E-state index in [0.717, 1.165) is 22.2 Å². The number of nitrogens with one attached hydrogen (secondary N) is 1. The van der Waals surface area contributed by atoms with Crippen LogP contribution < -0.4 is 0 Å². The minimum atomic E-state index is 0.239. The number of nitrogens with zero attached hydrogens (tertiary/aromatic N) is 2. The van der Waals surface area contributed by atoms with E-state index in [4.69, 9.17) is 21.9 Å². The van der Waals surface area contributed by atoms with Gasteiger partial charge in [0.15, 0.2) is 0 Å². The van der Waals surface area contributed by atoms with Crippen molar-refractivity contribution >= 4 is 24.0 Å². The summed E-state index contributed by atoms with van der Waals surface area (Å²) >= 11 is 5.87. The van der Waals surface area contributed by atoms with Gasteiger partial charge in [-0.3, -0.25) is 0 Å². The molecule has 1 N–H and O–H groups in total. The van der Waals surface area contributed by atoms with E-state index in [2.05, 4.69) is 10.2 Å². The minimum Gasteiger partial charge on any atom is -0.409 e. The van der Waals surface area contributed by atoms with Gasteiger partial charge in [-0.15, -0.1) is 5.10 Å². The maximum Gasteiger partial charge on any atom is 0.284 e. The van der Waals surface area contributed by atoms with Gasteiger partial charge in [0, 0.05) is 10.5 Å². The third-order valence-corrected chi connectivity index (χ3v) is 2.44. The number of aromatic amines is 1. The van der Waals surface area contributed by atoms with Gasteiger partial charge in [-0.25, -0.2) is 5.10 Å². The first-order valence-electron chi connectivity index (χ1n) is 4.01. The molecule has 0 saturated heterocycles. The average Bonchev–Trinajstić information content (AvgIpc) is 2.66. The van der Waals surface area contributed by atoms with Crippen LogP contribution in [0.4, 0.5) is 0 Å². The summed E-state index contributed by atoms with van der Waals surface area (Å²) < 4.78 is 5.16. The number of benzene rings is 1. The molecule has 4 nitrogen and oxygen atoms in total. The summed E-state index contributed by atoms with van der Waals surface area (Å²) in [4.78, 5) is 1.09. The van der Waals surface area contributed by atoms with Crippen LogP contribution in [0.3, 0.4) is 0 Å². The van der Waals surface area contributed by atoms with Gasteiger partial charge in [-0.2, -0.15) is 5.26 Å². The first-order valence-corrected chi connectivity index (χ1v) is 5.24. The molecular weight excluding hydrogens is 230 g/mol. The monoisotopic (exact) mass is 235 g/mol. The molecule has 1 aromatic carbocycles. The van der Waals surface area contributed by atoms with Crippen molar-refractivity contribution in [1.82, 2.24) is 10.2 Å². The lowest BCUT2D eigenvalue weighted by atomic mass is 10.2. The van der Waals surface area contributed by atoms with Crippen LogP contribution in [0.5, 0.6) is 0 Å². The molecule has 0 aliphatic rings. The lowest BCUT2D eigenvalue weighted by Gasteiger charge is -1.96. The molecule has 0 aliphatic heterocycles. The zero-order valence-corrected chi connectivity index (χ0v) is 9.06. The van der Waals surface area contributed by atoms with Gasteiger partial charge in [-0.1, -0.05) is 6.07 Å². The Balaban J connectivity index is 2.41. The van der Waals surface area contributed by atoms with Crippen LogP contribution in [0.15, 0.2) is 33.6 Å². The second-order valence-corrected chi connectivity index (χ2v) is 3.87. The summed E-state index contributed by atoms with van der Waals surface area (Å²) in [7, 11) is 0. The van der Waals surface area contributed by atoms with Crippen LogP contribution in [0.25, 0.3) is 11.5 Å². The molecule has 1 heterocycles. The molecule has 2 rings (SSSR count). The van der Waals surface area contributed by atoms with E-state index in [1.807, 2.05) is 29.7 Å².